The Morgan fingerprint density at radius 3 is 1.77 bits per heavy atom. The second kappa shape index (κ2) is 15.1. The summed E-state index contributed by atoms with van der Waals surface area (Å²) in [6.07, 6.45) is 16.2. The van der Waals surface area contributed by atoms with Gasteiger partial charge in [-0.25, -0.2) is 0 Å². The van der Waals surface area contributed by atoms with Crippen molar-refractivity contribution in [3.8, 4) is 0 Å². The van der Waals surface area contributed by atoms with Crippen LogP contribution in [0.15, 0.2) is 30.3 Å². The van der Waals surface area contributed by atoms with Gasteiger partial charge in [0.1, 0.15) is 0 Å². The van der Waals surface area contributed by atoms with Crippen LogP contribution in [0.1, 0.15) is 83.1 Å². The van der Waals surface area contributed by atoms with Crippen molar-refractivity contribution in [1.29, 1.82) is 0 Å². The summed E-state index contributed by atoms with van der Waals surface area (Å²) in [6, 6.07) is 10.9. The number of ether oxygens (including phenoxy) is 1. The average Bonchev–Trinajstić information content (AvgIpc) is 2.56. The van der Waals surface area contributed by atoms with Crippen molar-refractivity contribution >= 4 is 0 Å². The van der Waals surface area contributed by atoms with Crippen molar-refractivity contribution in [3.05, 3.63) is 35.9 Å². The van der Waals surface area contributed by atoms with Gasteiger partial charge in [0.15, 0.2) is 0 Å². The SMILES string of the molecule is CCCOCCCCCCCCCCCCc1ccccc1. The molecule has 0 radical (unpaired) electrons. The van der Waals surface area contributed by atoms with Gasteiger partial charge >= 0.3 is 0 Å². The van der Waals surface area contributed by atoms with Crippen molar-refractivity contribution < 1.29 is 4.74 Å². The first-order valence-electron chi connectivity index (χ1n) is 9.55. The van der Waals surface area contributed by atoms with Crippen LogP contribution in [0.5, 0.6) is 0 Å². The van der Waals surface area contributed by atoms with E-state index in [1.807, 2.05) is 0 Å². The van der Waals surface area contributed by atoms with E-state index < -0.39 is 0 Å². The topological polar surface area (TPSA) is 9.23 Å². The molecule has 1 heteroatoms. The first-order chi connectivity index (χ1) is 10.9. The van der Waals surface area contributed by atoms with Crippen LogP contribution in [-0.2, 0) is 11.2 Å². The zero-order valence-electron chi connectivity index (χ0n) is 14.7. The monoisotopic (exact) mass is 304 g/mol. The number of benzene rings is 1. The summed E-state index contributed by atoms with van der Waals surface area (Å²) in [5.74, 6) is 0. The lowest BCUT2D eigenvalue weighted by Crippen LogP contribution is -1.95. The molecule has 0 aliphatic rings. The molecular weight excluding hydrogens is 268 g/mol. The van der Waals surface area contributed by atoms with Crippen LogP contribution in [0.4, 0.5) is 0 Å². The second-order valence-corrected chi connectivity index (χ2v) is 6.38. The Bertz CT molecular complexity index is 320. The molecular formula is C21H36O. The summed E-state index contributed by atoms with van der Waals surface area (Å²) in [4.78, 5) is 0. The number of aryl methyl sites for hydroxylation is 1. The fraction of sp³-hybridized carbons (Fsp3) is 0.714. The van der Waals surface area contributed by atoms with E-state index in [0.717, 1.165) is 19.6 Å². The predicted molar refractivity (Wildman–Crippen MR) is 97.4 cm³/mol. The highest BCUT2D eigenvalue weighted by Crippen LogP contribution is 2.12. The normalized spacial score (nSPS) is 11.0. The molecule has 0 aromatic heterocycles. The fourth-order valence-electron chi connectivity index (χ4n) is 2.84. The van der Waals surface area contributed by atoms with E-state index in [9.17, 15) is 0 Å². The van der Waals surface area contributed by atoms with Gasteiger partial charge in [-0.3, -0.25) is 0 Å². The zero-order valence-corrected chi connectivity index (χ0v) is 14.7. The second-order valence-electron chi connectivity index (χ2n) is 6.38. The highest BCUT2D eigenvalue weighted by Gasteiger charge is 1.95. The highest BCUT2D eigenvalue weighted by atomic mass is 16.5. The number of hydrogen-bond donors (Lipinski definition) is 0. The van der Waals surface area contributed by atoms with Crippen LogP contribution in [0.3, 0.4) is 0 Å². The van der Waals surface area contributed by atoms with Gasteiger partial charge in [0.05, 0.1) is 0 Å². The number of hydrogen-bond acceptors (Lipinski definition) is 1. The lowest BCUT2D eigenvalue weighted by molar-refractivity contribution is 0.130. The molecule has 0 spiro atoms. The molecule has 126 valence electrons. The minimum Gasteiger partial charge on any atom is -0.381 e. The van der Waals surface area contributed by atoms with Crippen LogP contribution in [0, 0.1) is 0 Å². The van der Waals surface area contributed by atoms with Gasteiger partial charge < -0.3 is 4.74 Å². The summed E-state index contributed by atoms with van der Waals surface area (Å²) >= 11 is 0. The number of unbranched alkanes of at least 4 members (excludes halogenated alkanes) is 9. The largest absolute Gasteiger partial charge is 0.381 e. The lowest BCUT2D eigenvalue weighted by Gasteiger charge is -2.04. The van der Waals surface area contributed by atoms with Gasteiger partial charge in [-0.1, -0.05) is 88.6 Å². The van der Waals surface area contributed by atoms with E-state index in [2.05, 4.69) is 37.3 Å². The molecule has 0 unspecified atom stereocenters. The molecule has 1 aromatic carbocycles. The Morgan fingerprint density at radius 2 is 1.18 bits per heavy atom. The van der Waals surface area contributed by atoms with Gasteiger partial charge in [0.2, 0.25) is 0 Å². The fourth-order valence-corrected chi connectivity index (χ4v) is 2.84. The maximum absolute atomic E-state index is 5.50. The maximum atomic E-state index is 5.50. The molecule has 0 atom stereocenters. The van der Waals surface area contributed by atoms with Crippen molar-refractivity contribution in [3.63, 3.8) is 0 Å². The molecule has 0 fully saturated rings. The Hall–Kier alpha value is -0.820. The molecule has 0 saturated carbocycles. The van der Waals surface area contributed by atoms with E-state index in [1.165, 1.54) is 76.2 Å². The molecule has 0 bridgehead atoms. The first-order valence-corrected chi connectivity index (χ1v) is 9.55. The van der Waals surface area contributed by atoms with Gasteiger partial charge in [-0.2, -0.15) is 0 Å². The van der Waals surface area contributed by atoms with Gasteiger partial charge in [-0.15, -0.1) is 0 Å². The molecule has 0 saturated heterocycles. The molecule has 1 nitrogen and oxygen atoms in total. The van der Waals surface area contributed by atoms with E-state index in [-0.39, 0.29) is 0 Å². The highest BCUT2D eigenvalue weighted by molar-refractivity contribution is 5.14. The predicted octanol–water partition coefficient (Wildman–Crippen LogP) is 6.56. The van der Waals surface area contributed by atoms with Gasteiger partial charge in [0.25, 0.3) is 0 Å². The average molecular weight is 305 g/mol. The Labute approximate surface area is 138 Å². The standard InChI is InChI=1S/C21H36O/c1-2-19-22-20-15-10-8-6-4-3-5-7-9-12-16-21-17-13-11-14-18-21/h11,13-14,17-18H,2-10,12,15-16,19-20H2,1H3. The minimum atomic E-state index is 0.935. The molecule has 0 heterocycles. The molecule has 0 aliphatic heterocycles. The van der Waals surface area contributed by atoms with Crippen molar-refractivity contribution in [2.75, 3.05) is 13.2 Å². The van der Waals surface area contributed by atoms with Crippen molar-refractivity contribution in [2.24, 2.45) is 0 Å². The van der Waals surface area contributed by atoms with Crippen LogP contribution in [-0.4, -0.2) is 13.2 Å². The quantitative estimate of drug-likeness (QED) is 0.333. The summed E-state index contributed by atoms with van der Waals surface area (Å²) in [7, 11) is 0. The Morgan fingerprint density at radius 1 is 0.636 bits per heavy atom. The third-order valence-electron chi connectivity index (χ3n) is 4.20. The van der Waals surface area contributed by atoms with Crippen LogP contribution < -0.4 is 0 Å². The van der Waals surface area contributed by atoms with Crippen molar-refractivity contribution in [2.45, 2.75) is 84.0 Å². The van der Waals surface area contributed by atoms with E-state index in [4.69, 9.17) is 4.74 Å². The van der Waals surface area contributed by atoms with E-state index >= 15 is 0 Å². The van der Waals surface area contributed by atoms with E-state index in [0.29, 0.717) is 0 Å². The smallest absolute Gasteiger partial charge is 0.0466 e. The lowest BCUT2D eigenvalue weighted by atomic mass is 10.0. The molecule has 1 rings (SSSR count). The number of rotatable bonds is 15. The van der Waals surface area contributed by atoms with Crippen LogP contribution in [0.2, 0.25) is 0 Å². The van der Waals surface area contributed by atoms with Gasteiger partial charge in [-0.05, 0) is 31.2 Å². The van der Waals surface area contributed by atoms with Gasteiger partial charge in [0, 0.05) is 13.2 Å². The molecule has 0 amide bonds. The molecule has 0 N–H and O–H groups in total. The zero-order chi connectivity index (χ0) is 15.7. The molecule has 1 aromatic rings. The van der Waals surface area contributed by atoms with Crippen LogP contribution in [0.25, 0.3) is 0 Å². The summed E-state index contributed by atoms with van der Waals surface area (Å²) in [5, 5.41) is 0. The van der Waals surface area contributed by atoms with Crippen molar-refractivity contribution in [1.82, 2.24) is 0 Å². The Balaban J connectivity index is 1.73. The minimum absolute atomic E-state index is 0.935. The summed E-state index contributed by atoms with van der Waals surface area (Å²) in [6.45, 7) is 4.07. The first kappa shape index (κ1) is 19.2. The molecule has 0 aliphatic carbocycles. The Kier molecular flexibility index (Phi) is 13.2. The molecule has 22 heavy (non-hydrogen) atoms. The van der Waals surface area contributed by atoms with Crippen LogP contribution >= 0.6 is 0 Å². The summed E-state index contributed by atoms with van der Waals surface area (Å²) < 4.78 is 5.50. The third-order valence-corrected chi connectivity index (χ3v) is 4.20. The summed E-state index contributed by atoms with van der Waals surface area (Å²) in [5.41, 5.74) is 1.49. The van der Waals surface area contributed by atoms with E-state index in [1.54, 1.807) is 0 Å². The third kappa shape index (κ3) is 11.8. The maximum Gasteiger partial charge on any atom is 0.0466 e.